The molecule has 0 amide bonds. The van der Waals surface area contributed by atoms with Crippen LogP contribution in [-0.4, -0.2) is 16.5 Å². The summed E-state index contributed by atoms with van der Waals surface area (Å²) >= 11 is 0. The molecule has 0 aliphatic rings. The molecule has 0 aliphatic heterocycles. The lowest BCUT2D eigenvalue weighted by Gasteiger charge is -2.07. The van der Waals surface area contributed by atoms with Gasteiger partial charge in [-0.3, -0.25) is 0 Å². The first-order valence-electron chi connectivity index (χ1n) is 5.79. The molecule has 4 nitrogen and oxygen atoms in total. The highest BCUT2D eigenvalue weighted by Crippen LogP contribution is 2.22. The van der Waals surface area contributed by atoms with Crippen molar-refractivity contribution in [3.63, 3.8) is 0 Å². The second-order valence-electron chi connectivity index (χ2n) is 3.69. The van der Waals surface area contributed by atoms with Crippen LogP contribution < -0.4 is 10.1 Å². The summed E-state index contributed by atoms with van der Waals surface area (Å²) in [6.45, 7) is 2.76. The molecule has 1 aromatic carbocycles. The minimum Gasteiger partial charge on any atom is -0.436 e. The summed E-state index contributed by atoms with van der Waals surface area (Å²) < 4.78 is 18.9. The third-order valence-corrected chi connectivity index (χ3v) is 2.20. The first-order chi connectivity index (χ1) is 8.79. The Morgan fingerprint density at radius 3 is 2.78 bits per heavy atom. The Morgan fingerprint density at radius 2 is 2.06 bits per heavy atom. The number of aromatic nitrogens is 2. The Balaban J connectivity index is 2.16. The van der Waals surface area contributed by atoms with Gasteiger partial charge in [-0.1, -0.05) is 25.1 Å². The van der Waals surface area contributed by atoms with E-state index in [9.17, 15) is 4.39 Å². The second-order valence-corrected chi connectivity index (χ2v) is 3.69. The van der Waals surface area contributed by atoms with Crippen LogP contribution in [0.3, 0.4) is 0 Å². The molecule has 0 saturated carbocycles. The van der Waals surface area contributed by atoms with Crippen LogP contribution in [0.5, 0.6) is 11.6 Å². The van der Waals surface area contributed by atoms with Crippen LogP contribution in [0, 0.1) is 5.82 Å². The third-order valence-electron chi connectivity index (χ3n) is 2.20. The maximum absolute atomic E-state index is 13.5. The van der Waals surface area contributed by atoms with E-state index in [1.165, 1.54) is 0 Å². The zero-order valence-corrected chi connectivity index (χ0v) is 10.1. The molecule has 2 rings (SSSR count). The van der Waals surface area contributed by atoms with E-state index >= 15 is 0 Å². The number of benzene rings is 1. The number of nitrogens with one attached hydrogen (secondary N) is 1. The zero-order chi connectivity index (χ0) is 12.8. The van der Waals surface area contributed by atoms with Crippen molar-refractivity contribution >= 4 is 5.95 Å². The molecule has 0 saturated heterocycles. The largest absolute Gasteiger partial charge is 0.436 e. The van der Waals surface area contributed by atoms with Crippen molar-refractivity contribution in [2.24, 2.45) is 0 Å². The Kier molecular flexibility index (Phi) is 4.06. The van der Waals surface area contributed by atoms with Crippen molar-refractivity contribution < 1.29 is 9.13 Å². The Bertz CT molecular complexity index is 505. The van der Waals surface area contributed by atoms with Crippen molar-refractivity contribution in [1.82, 2.24) is 9.97 Å². The quantitative estimate of drug-likeness (QED) is 0.881. The van der Waals surface area contributed by atoms with Gasteiger partial charge in [0.05, 0.1) is 6.20 Å². The summed E-state index contributed by atoms with van der Waals surface area (Å²) in [6, 6.07) is 8.95. The minimum atomic E-state index is -0.582. The highest BCUT2D eigenvalue weighted by atomic mass is 19.1. The number of rotatable bonds is 5. The SMILES string of the molecule is CCCNc1ncc(F)c(Oc2ccccc2)n1. The topological polar surface area (TPSA) is 47.0 Å². The van der Waals surface area contributed by atoms with Gasteiger partial charge in [-0.25, -0.2) is 4.98 Å². The molecule has 18 heavy (non-hydrogen) atoms. The molecule has 0 spiro atoms. The van der Waals surface area contributed by atoms with Gasteiger partial charge in [0.15, 0.2) is 0 Å². The molecule has 0 radical (unpaired) electrons. The van der Waals surface area contributed by atoms with Crippen LogP contribution in [0.4, 0.5) is 10.3 Å². The van der Waals surface area contributed by atoms with Gasteiger partial charge < -0.3 is 10.1 Å². The molecule has 0 fully saturated rings. The minimum absolute atomic E-state index is 0.0743. The molecule has 1 N–H and O–H groups in total. The lowest BCUT2D eigenvalue weighted by atomic mass is 10.3. The van der Waals surface area contributed by atoms with Gasteiger partial charge in [-0.15, -0.1) is 0 Å². The van der Waals surface area contributed by atoms with Crippen molar-refractivity contribution in [2.75, 3.05) is 11.9 Å². The van der Waals surface area contributed by atoms with E-state index in [0.29, 0.717) is 11.7 Å². The van der Waals surface area contributed by atoms with E-state index in [4.69, 9.17) is 4.74 Å². The molecule has 0 bridgehead atoms. The molecule has 0 atom stereocenters. The highest BCUT2D eigenvalue weighted by Gasteiger charge is 2.08. The van der Waals surface area contributed by atoms with E-state index in [-0.39, 0.29) is 5.88 Å². The standard InChI is InChI=1S/C13H14FN3O/c1-2-8-15-13-16-9-11(14)12(17-13)18-10-6-4-3-5-7-10/h3-7,9H,2,8H2,1H3,(H,15,16,17). The third kappa shape index (κ3) is 3.16. The van der Waals surface area contributed by atoms with Crippen LogP contribution >= 0.6 is 0 Å². The molecule has 1 heterocycles. The first-order valence-corrected chi connectivity index (χ1v) is 5.79. The van der Waals surface area contributed by atoms with Gasteiger partial charge in [0.25, 0.3) is 5.88 Å². The zero-order valence-electron chi connectivity index (χ0n) is 10.1. The number of anilines is 1. The van der Waals surface area contributed by atoms with Crippen LogP contribution in [0.15, 0.2) is 36.5 Å². The first kappa shape index (κ1) is 12.3. The van der Waals surface area contributed by atoms with Gasteiger partial charge in [-0.05, 0) is 18.6 Å². The van der Waals surface area contributed by atoms with Gasteiger partial charge in [0, 0.05) is 6.54 Å². The van der Waals surface area contributed by atoms with Crippen molar-refractivity contribution in [2.45, 2.75) is 13.3 Å². The number of nitrogens with zero attached hydrogens (tertiary/aromatic N) is 2. The normalized spacial score (nSPS) is 10.1. The van der Waals surface area contributed by atoms with Gasteiger partial charge in [0.1, 0.15) is 5.75 Å². The van der Waals surface area contributed by atoms with E-state index < -0.39 is 5.82 Å². The summed E-state index contributed by atoms with van der Waals surface area (Å²) in [5.74, 6) is 0.247. The van der Waals surface area contributed by atoms with Gasteiger partial charge in [0.2, 0.25) is 11.8 Å². The summed E-state index contributed by atoms with van der Waals surface area (Å²) in [5, 5.41) is 2.98. The maximum Gasteiger partial charge on any atom is 0.260 e. The predicted molar refractivity (Wildman–Crippen MR) is 67.3 cm³/mol. The fraction of sp³-hybridized carbons (Fsp3) is 0.231. The van der Waals surface area contributed by atoms with E-state index in [2.05, 4.69) is 15.3 Å². The number of para-hydroxylation sites is 1. The molecular formula is C13H14FN3O. The average molecular weight is 247 g/mol. The molecule has 1 aromatic heterocycles. The molecule has 0 aliphatic carbocycles. The summed E-state index contributed by atoms with van der Waals surface area (Å²) in [6.07, 6.45) is 2.04. The summed E-state index contributed by atoms with van der Waals surface area (Å²) in [5.41, 5.74) is 0. The predicted octanol–water partition coefficient (Wildman–Crippen LogP) is 3.23. The molecular weight excluding hydrogens is 233 g/mol. The van der Waals surface area contributed by atoms with Crippen LogP contribution in [0.1, 0.15) is 13.3 Å². The smallest absolute Gasteiger partial charge is 0.260 e. The fourth-order valence-corrected chi connectivity index (χ4v) is 1.35. The summed E-state index contributed by atoms with van der Waals surface area (Å²) in [4.78, 5) is 7.83. The van der Waals surface area contributed by atoms with Gasteiger partial charge >= 0.3 is 0 Å². The molecule has 2 aromatic rings. The molecule has 94 valence electrons. The number of hydrogen-bond donors (Lipinski definition) is 1. The van der Waals surface area contributed by atoms with E-state index in [1.807, 2.05) is 25.1 Å². The Morgan fingerprint density at radius 1 is 1.28 bits per heavy atom. The summed E-state index contributed by atoms with van der Waals surface area (Å²) in [7, 11) is 0. The van der Waals surface area contributed by atoms with E-state index in [1.54, 1.807) is 12.1 Å². The van der Waals surface area contributed by atoms with E-state index in [0.717, 1.165) is 19.2 Å². The van der Waals surface area contributed by atoms with Crippen molar-refractivity contribution in [3.8, 4) is 11.6 Å². The second kappa shape index (κ2) is 5.95. The molecule has 0 unspecified atom stereocenters. The number of ether oxygens (including phenoxy) is 1. The van der Waals surface area contributed by atoms with Crippen molar-refractivity contribution in [1.29, 1.82) is 0 Å². The lowest BCUT2D eigenvalue weighted by molar-refractivity contribution is 0.420. The van der Waals surface area contributed by atoms with Crippen molar-refractivity contribution in [3.05, 3.63) is 42.3 Å². The fourth-order valence-electron chi connectivity index (χ4n) is 1.35. The Hall–Kier alpha value is -2.17. The maximum atomic E-state index is 13.5. The number of halogens is 1. The van der Waals surface area contributed by atoms with Crippen LogP contribution in [-0.2, 0) is 0 Å². The lowest BCUT2D eigenvalue weighted by Crippen LogP contribution is -2.05. The highest BCUT2D eigenvalue weighted by molar-refractivity contribution is 5.32. The number of hydrogen-bond acceptors (Lipinski definition) is 4. The average Bonchev–Trinajstić information content (AvgIpc) is 2.41. The van der Waals surface area contributed by atoms with Crippen LogP contribution in [0.25, 0.3) is 0 Å². The molecule has 5 heteroatoms. The van der Waals surface area contributed by atoms with Gasteiger partial charge in [-0.2, -0.15) is 9.37 Å². The van der Waals surface area contributed by atoms with Crippen LogP contribution in [0.2, 0.25) is 0 Å². The Labute approximate surface area is 105 Å². The monoisotopic (exact) mass is 247 g/mol.